The van der Waals surface area contributed by atoms with E-state index in [2.05, 4.69) is 0 Å². The summed E-state index contributed by atoms with van der Waals surface area (Å²) in [4.78, 5) is 0. The molecule has 0 heterocycles. The number of rotatable bonds is 3. The molecule has 0 saturated carbocycles. The maximum absolute atomic E-state index is 13.7. The van der Waals surface area contributed by atoms with Crippen LogP contribution in [0.1, 0.15) is 22.8 Å². The van der Waals surface area contributed by atoms with Gasteiger partial charge < -0.3 is 5.11 Å². The van der Waals surface area contributed by atoms with E-state index in [-0.39, 0.29) is 23.1 Å². The summed E-state index contributed by atoms with van der Waals surface area (Å²) in [6, 6.07) is 5.02. The summed E-state index contributed by atoms with van der Waals surface area (Å²) < 4.78 is 52.9. The quantitative estimate of drug-likeness (QED) is 0.849. The molecule has 0 saturated heterocycles. The maximum Gasteiger partial charge on any atom is 0.159 e. The molecule has 1 unspecified atom stereocenters. The number of benzene rings is 2. The molecular formula is C15H12F4O. The molecule has 2 aromatic carbocycles. The number of aryl methyl sites for hydroxylation is 1. The molecule has 1 atom stereocenters. The second kappa shape index (κ2) is 5.63. The van der Waals surface area contributed by atoms with Crippen LogP contribution in [0.3, 0.4) is 0 Å². The topological polar surface area (TPSA) is 20.2 Å². The first-order valence-corrected chi connectivity index (χ1v) is 5.96. The van der Waals surface area contributed by atoms with Crippen LogP contribution < -0.4 is 0 Å². The summed E-state index contributed by atoms with van der Waals surface area (Å²) in [7, 11) is 0. The Kier molecular flexibility index (Phi) is 4.09. The number of halogens is 4. The van der Waals surface area contributed by atoms with Crippen LogP contribution in [0.25, 0.3) is 0 Å². The minimum absolute atomic E-state index is 0.131. The Balaban J connectivity index is 2.25. The number of aliphatic hydroxyl groups excluding tert-OH is 1. The van der Waals surface area contributed by atoms with Crippen molar-refractivity contribution in [2.24, 2.45) is 0 Å². The van der Waals surface area contributed by atoms with Gasteiger partial charge in [-0.2, -0.15) is 0 Å². The zero-order valence-corrected chi connectivity index (χ0v) is 10.6. The lowest BCUT2D eigenvalue weighted by Gasteiger charge is -2.13. The maximum atomic E-state index is 13.7. The molecule has 0 aliphatic heterocycles. The van der Waals surface area contributed by atoms with E-state index in [1.807, 2.05) is 0 Å². The molecule has 0 bridgehead atoms. The van der Waals surface area contributed by atoms with E-state index in [0.29, 0.717) is 0 Å². The van der Waals surface area contributed by atoms with Crippen LogP contribution in [0.2, 0.25) is 0 Å². The Bertz CT molecular complexity index is 640. The molecule has 2 rings (SSSR count). The summed E-state index contributed by atoms with van der Waals surface area (Å²) in [5, 5.41) is 9.91. The first-order valence-electron chi connectivity index (χ1n) is 5.96. The Labute approximate surface area is 113 Å². The Morgan fingerprint density at radius 3 is 2.25 bits per heavy atom. The fraction of sp³-hybridized carbons (Fsp3) is 0.200. The van der Waals surface area contributed by atoms with Gasteiger partial charge in [-0.05, 0) is 42.3 Å². The van der Waals surface area contributed by atoms with E-state index >= 15 is 0 Å². The van der Waals surface area contributed by atoms with Gasteiger partial charge >= 0.3 is 0 Å². The lowest BCUT2D eigenvalue weighted by Crippen LogP contribution is -2.06. The fourth-order valence-electron chi connectivity index (χ4n) is 1.92. The number of hydrogen-bond acceptors (Lipinski definition) is 1. The van der Waals surface area contributed by atoms with Crippen LogP contribution in [-0.4, -0.2) is 5.11 Å². The standard InChI is InChI=1S/C15H12F4O/c1-8-4-13(18)10(7-12(8)17)15(20)6-9-2-3-11(16)14(19)5-9/h2-5,7,15,20H,6H2,1H3. The smallest absolute Gasteiger partial charge is 0.159 e. The molecule has 5 heteroatoms. The molecular weight excluding hydrogens is 272 g/mol. The molecule has 0 aromatic heterocycles. The first-order chi connectivity index (χ1) is 9.38. The van der Waals surface area contributed by atoms with Gasteiger partial charge in [0.15, 0.2) is 11.6 Å². The van der Waals surface area contributed by atoms with Crippen molar-refractivity contribution in [3.63, 3.8) is 0 Å². The van der Waals surface area contributed by atoms with Gasteiger partial charge in [-0.25, -0.2) is 17.6 Å². The summed E-state index contributed by atoms with van der Waals surface area (Å²) in [5.74, 6) is -3.43. The van der Waals surface area contributed by atoms with Crippen molar-refractivity contribution in [1.29, 1.82) is 0 Å². The Hall–Kier alpha value is -1.88. The second-order valence-corrected chi connectivity index (χ2v) is 4.59. The third kappa shape index (κ3) is 2.99. The van der Waals surface area contributed by atoms with Gasteiger partial charge in [0.1, 0.15) is 11.6 Å². The lowest BCUT2D eigenvalue weighted by molar-refractivity contribution is 0.173. The number of aliphatic hydroxyl groups is 1. The van der Waals surface area contributed by atoms with E-state index in [4.69, 9.17) is 0 Å². The predicted octanol–water partition coefficient (Wildman–Crippen LogP) is 3.83. The van der Waals surface area contributed by atoms with Crippen molar-refractivity contribution in [2.45, 2.75) is 19.4 Å². The second-order valence-electron chi connectivity index (χ2n) is 4.59. The molecule has 106 valence electrons. The average Bonchev–Trinajstić information content (AvgIpc) is 2.38. The van der Waals surface area contributed by atoms with Gasteiger partial charge in [0, 0.05) is 12.0 Å². The van der Waals surface area contributed by atoms with Crippen LogP contribution in [0.5, 0.6) is 0 Å². The van der Waals surface area contributed by atoms with Gasteiger partial charge in [0.25, 0.3) is 0 Å². The number of hydrogen-bond donors (Lipinski definition) is 1. The van der Waals surface area contributed by atoms with Crippen molar-refractivity contribution < 1.29 is 22.7 Å². The summed E-state index contributed by atoms with van der Waals surface area (Å²) in [6.45, 7) is 1.41. The van der Waals surface area contributed by atoms with E-state index in [1.165, 1.54) is 13.0 Å². The minimum Gasteiger partial charge on any atom is -0.388 e. The molecule has 0 spiro atoms. The minimum atomic E-state index is -1.34. The molecule has 0 radical (unpaired) electrons. The van der Waals surface area contributed by atoms with E-state index < -0.39 is 29.4 Å². The fourth-order valence-corrected chi connectivity index (χ4v) is 1.92. The van der Waals surface area contributed by atoms with Gasteiger partial charge in [-0.3, -0.25) is 0 Å². The highest BCUT2D eigenvalue weighted by atomic mass is 19.2. The molecule has 0 amide bonds. The van der Waals surface area contributed by atoms with Crippen molar-refractivity contribution in [3.8, 4) is 0 Å². The summed E-state index contributed by atoms with van der Waals surface area (Å²) in [5.41, 5.74) is 0.209. The summed E-state index contributed by atoms with van der Waals surface area (Å²) in [6.07, 6.45) is -1.48. The monoisotopic (exact) mass is 284 g/mol. The van der Waals surface area contributed by atoms with Crippen LogP contribution >= 0.6 is 0 Å². The van der Waals surface area contributed by atoms with Crippen LogP contribution in [0.4, 0.5) is 17.6 Å². The highest BCUT2D eigenvalue weighted by Crippen LogP contribution is 2.24. The van der Waals surface area contributed by atoms with Crippen molar-refractivity contribution in [3.05, 3.63) is 70.3 Å². The molecule has 0 fully saturated rings. The van der Waals surface area contributed by atoms with Crippen LogP contribution in [0.15, 0.2) is 30.3 Å². The third-order valence-corrected chi connectivity index (χ3v) is 3.05. The van der Waals surface area contributed by atoms with E-state index in [0.717, 1.165) is 24.3 Å². The SMILES string of the molecule is Cc1cc(F)c(C(O)Cc2ccc(F)c(F)c2)cc1F. The Morgan fingerprint density at radius 1 is 0.900 bits per heavy atom. The van der Waals surface area contributed by atoms with Crippen molar-refractivity contribution >= 4 is 0 Å². The average molecular weight is 284 g/mol. The summed E-state index contributed by atoms with van der Waals surface area (Å²) >= 11 is 0. The molecule has 2 aromatic rings. The van der Waals surface area contributed by atoms with E-state index in [1.54, 1.807) is 0 Å². The third-order valence-electron chi connectivity index (χ3n) is 3.05. The van der Waals surface area contributed by atoms with Crippen LogP contribution in [-0.2, 0) is 6.42 Å². The highest BCUT2D eigenvalue weighted by molar-refractivity contribution is 5.28. The Morgan fingerprint density at radius 2 is 1.60 bits per heavy atom. The lowest BCUT2D eigenvalue weighted by atomic mass is 9.99. The largest absolute Gasteiger partial charge is 0.388 e. The van der Waals surface area contributed by atoms with Crippen molar-refractivity contribution in [1.82, 2.24) is 0 Å². The van der Waals surface area contributed by atoms with Crippen LogP contribution in [0, 0.1) is 30.2 Å². The van der Waals surface area contributed by atoms with Gasteiger partial charge in [-0.15, -0.1) is 0 Å². The molecule has 1 nitrogen and oxygen atoms in total. The molecule has 1 N–H and O–H groups in total. The zero-order valence-electron chi connectivity index (χ0n) is 10.6. The molecule has 20 heavy (non-hydrogen) atoms. The van der Waals surface area contributed by atoms with Gasteiger partial charge in [0.2, 0.25) is 0 Å². The van der Waals surface area contributed by atoms with E-state index in [9.17, 15) is 22.7 Å². The normalized spacial score (nSPS) is 12.5. The van der Waals surface area contributed by atoms with Gasteiger partial charge in [0.05, 0.1) is 6.10 Å². The predicted molar refractivity (Wildman–Crippen MR) is 66.1 cm³/mol. The highest BCUT2D eigenvalue weighted by Gasteiger charge is 2.16. The molecule has 0 aliphatic rings. The first kappa shape index (κ1) is 14.5. The van der Waals surface area contributed by atoms with Crippen molar-refractivity contribution in [2.75, 3.05) is 0 Å². The zero-order chi connectivity index (χ0) is 14.9. The van der Waals surface area contributed by atoms with Gasteiger partial charge in [-0.1, -0.05) is 6.07 Å². The molecule has 0 aliphatic carbocycles.